The zero-order valence-corrected chi connectivity index (χ0v) is 10.5. The van der Waals surface area contributed by atoms with E-state index in [-0.39, 0.29) is 5.43 Å². The molecular weight excluding hydrogens is 252 g/mol. The molecule has 0 spiro atoms. The SMILES string of the molecule is O=c1cc[nH]c2c(Cl)c(N3CCOCC3)ccc12. The van der Waals surface area contributed by atoms with Crippen molar-refractivity contribution in [1.29, 1.82) is 0 Å². The molecule has 1 fully saturated rings. The van der Waals surface area contributed by atoms with Crippen LogP contribution in [0.1, 0.15) is 0 Å². The van der Waals surface area contributed by atoms with Crippen LogP contribution in [0.5, 0.6) is 0 Å². The van der Waals surface area contributed by atoms with Gasteiger partial charge in [-0.25, -0.2) is 0 Å². The van der Waals surface area contributed by atoms with Gasteiger partial charge in [0.1, 0.15) is 0 Å². The molecule has 0 saturated carbocycles. The Morgan fingerprint density at radius 1 is 1.22 bits per heavy atom. The van der Waals surface area contributed by atoms with Crippen molar-refractivity contribution in [3.63, 3.8) is 0 Å². The number of fused-ring (bicyclic) bond motifs is 1. The molecule has 94 valence electrons. The standard InChI is InChI=1S/C13H13ClN2O2/c14-12-10(16-5-7-18-8-6-16)2-1-9-11(17)3-4-15-13(9)12/h1-4H,5-8H2,(H,15,17). The van der Waals surface area contributed by atoms with Crippen LogP contribution in [0.15, 0.2) is 29.2 Å². The second-order valence-electron chi connectivity index (χ2n) is 4.26. The topological polar surface area (TPSA) is 45.3 Å². The summed E-state index contributed by atoms with van der Waals surface area (Å²) in [5, 5.41) is 1.23. The first kappa shape index (κ1) is 11.6. The van der Waals surface area contributed by atoms with E-state index >= 15 is 0 Å². The number of nitrogens with zero attached hydrogens (tertiary/aromatic N) is 1. The van der Waals surface area contributed by atoms with Crippen LogP contribution in [0.3, 0.4) is 0 Å². The predicted molar refractivity (Wildman–Crippen MR) is 72.6 cm³/mol. The monoisotopic (exact) mass is 264 g/mol. The van der Waals surface area contributed by atoms with Gasteiger partial charge in [0.05, 0.1) is 29.4 Å². The molecule has 0 radical (unpaired) electrons. The van der Waals surface area contributed by atoms with Gasteiger partial charge in [0.2, 0.25) is 0 Å². The van der Waals surface area contributed by atoms with E-state index in [1.54, 1.807) is 6.20 Å². The maximum atomic E-state index is 11.7. The summed E-state index contributed by atoms with van der Waals surface area (Å²) in [5.41, 5.74) is 1.64. The van der Waals surface area contributed by atoms with Gasteiger partial charge < -0.3 is 14.6 Å². The number of nitrogens with one attached hydrogen (secondary N) is 1. The summed E-state index contributed by atoms with van der Waals surface area (Å²) < 4.78 is 5.33. The number of aromatic amines is 1. The molecule has 1 aromatic heterocycles. The van der Waals surface area contributed by atoms with Gasteiger partial charge in [-0.15, -0.1) is 0 Å². The third-order valence-electron chi connectivity index (χ3n) is 3.20. The number of ether oxygens (including phenoxy) is 1. The summed E-state index contributed by atoms with van der Waals surface area (Å²) in [6, 6.07) is 5.24. The van der Waals surface area contributed by atoms with Gasteiger partial charge in [0, 0.05) is 30.7 Å². The molecule has 1 saturated heterocycles. The van der Waals surface area contributed by atoms with E-state index in [9.17, 15) is 4.79 Å². The zero-order valence-electron chi connectivity index (χ0n) is 9.78. The average Bonchev–Trinajstić information content (AvgIpc) is 2.41. The Balaban J connectivity index is 2.14. The molecule has 0 bridgehead atoms. The average molecular weight is 265 g/mol. The van der Waals surface area contributed by atoms with E-state index < -0.39 is 0 Å². The Kier molecular flexibility index (Phi) is 2.97. The number of anilines is 1. The number of pyridine rings is 1. The molecule has 1 aromatic carbocycles. The number of hydrogen-bond acceptors (Lipinski definition) is 3. The fourth-order valence-corrected chi connectivity index (χ4v) is 2.59. The van der Waals surface area contributed by atoms with Crippen molar-refractivity contribution in [2.45, 2.75) is 0 Å². The Labute approximate surface area is 109 Å². The number of benzene rings is 1. The first-order chi connectivity index (χ1) is 8.77. The van der Waals surface area contributed by atoms with Crippen molar-refractivity contribution in [2.24, 2.45) is 0 Å². The highest BCUT2D eigenvalue weighted by molar-refractivity contribution is 6.37. The van der Waals surface area contributed by atoms with E-state index in [4.69, 9.17) is 16.3 Å². The minimum atomic E-state index is -0.0147. The number of rotatable bonds is 1. The number of morpholine rings is 1. The number of H-pyrrole nitrogens is 1. The largest absolute Gasteiger partial charge is 0.378 e. The smallest absolute Gasteiger partial charge is 0.189 e. The maximum Gasteiger partial charge on any atom is 0.189 e. The summed E-state index contributed by atoms with van der Waals surface area (Å²) in [4.78, 5) is 16.9. The maximum absolute atomic E-state index is 11.7. The molecule has 0 atom stereocenters. The van der Waals surface area contributed by atoms with Gasteiger partial charge in [-0.2, -0.15) is 0 Å². The molecule has 5 heteroatoms. The van der Waals surface area contributed by atoms with Crippen molar-refractivity contribution in [3.05, 3.63) is 39.6 Å². The summed E-state index contributed by atoms with van der Waals surface area (Å²) in [6.45, 7) is 3.06. The Bertz CT molecular complexity index is 632. The van der Waals surface area contributed by atoms with Gasteiger partial charge in [0.25, 0.3) is 0 Å². The van der Waals surface area contributed by atoms with Crippen LogP contribution in [-0.4, -0.2) is 31.3 Å². The minimum absolute atomic E-state index is 0.0147. The molecule has 18 heavy (non-hydrogen) atoms. The molecule has 2 aromatic rings. The molecule has 2 heterocycles. The third-order valence-corrected chi connectivity index (χ3v) is 3.58. The second kappa shape index (κ2) is 4.63. The Hall–Kier alpha value is -1.52. The molecule has 0 amide bonds. The van der Waals surface area contributed by atoms with Crippen LogP contribution in [0.4, 0.5) is 5.69 Å². The minimum Gasteiger partial charge on any atom is -0.378 e. The van der Waals surface area contributed by atoms with Crippen molar-refractivity contribution < 1.29 is 4.74 Å². The van der Waals surface area contributed by atoms with Gasteiger partial charge in [-0.05, 0) is 12.1 Å². The predicted octanol–water partition coefficient (Wildman–Crippen LogP) is 2.02. The van der Waals surface area contributed by atoms with Crippen molar-refractivity contribution >= 4 is 28.2 Å². The number of hydrogen-bond donors (Lipinski definition) is 1. The van der Waals surface area contributed by atoms with Crippen LogP contribution in [0.2, 0.25) is 5.02 Å². The van der Waals surface area contributed by atoms with Crippen LogP contribution in [0.25, 0.3) is 10.9 Å². The Morgan fingerprint density at radius 2 is 2.00 bits per heavy atom. The zero-order chi connectivity index (χ0) is 12.5. The highest BCUT2D eigenvalue weighted by atomic mass is 35.5. The normalized spacial score (nSPS) is 16.2. The summed E-state index contributed by atoms with van der Waals surface area (Å²) in [6.07, 6.45) is 1.62. The van der Waals surface area contributed by atoms with Gasteiger partial charge in [-0.1, -0.05) is 11.6 Å². The molecule has 1 aliphatic heterocycles. The highest BCUT2D eigenvalue weighted by Crippen LogP contribution is 2.31. The molecule has 0 unspecified atom stereocenters. The lowest BCUT2D eigenvalue weighted by Crippen LogP contribution is -2.36. The molecule has 1 N–H and O–H groups in total. The van der Waals surface area contributed by atoms with Crippen molar-refractivity contribution in [3.8, 4) is 0 Å². The van der Waals surface area contributed by atoms with Gasteiger partial charge >= 0.3 is 0 Å². The fraction of sp³-hybridized carbons (Fsp3) is 0.308. The van der Waals surface area contributed by atoms with E-state index in [1.165, 1.54) is 6.07 Å². The first-order valence-corrected chi connectivity index (χ1v) is 6.28. The number of halogens is 1. The molecular formula is C13H13ClN2O2. The molecule has 3 rings (SSSR count). The lowest BCUT2D eigenvalue weighted by atomic mass is 10.1. The molecule has 1 aliphatic rings. The Morgan fingerprint density at radius 3 is 2.78 bits per heavy atom. The molecule has 0 aliphatic carbocycles. The number of aromatic nitrogens is 1. The fourth-order valence-electron chi connectivity index (χ4n) is 2.25. The van der Waals surface area contributed by atoms with E-state index in [0.29, 0.717) is 29.1 Å². The van der Waals surface area contributed by atoms with E-state index in [1.807, 2.05) is 12.1 Å². The van der Waals surface area contributed by atoms with Crippen molar-refractivity contribution in [2.75, 3.05) is 31.2 Å². The van der Waals surface area contributed by atoms with Crippen LogP contribution >= 0.6 is 11.6 Å². The van der Waals surface area contributed by atoms with Gasteiger partial charge in [0.15, 0.2) is 5.43 Å². The van der Waals surface area contributed by atoms with Crippen LogP contribution < -0.4 is 10.3 Å². The van der Waals surface area contributed by atoms with Crippen molar-refractivity contribution in [1.82, 2.24) is 4.98 Å². The highest BCUT2D eigenvalue weighted by Gasteiger charge is 2.16. The van der Waals surface area contributed by atoms with Crippen LogP contribution in [-0.2, 0) is 4.74 Å². The molecule has 4 nitrogen and oxygen atoms in total. The van der Waals surface area contributed by atoms with Crippen LogP contribution in [0, 0.1) is 0 Å². The summed E-state index contributed by atoms with van der Waals surface area (Å²) in [7, 11) is 0. The summed E-state index contributed by atoms with van der Waals surface area (Å²) >= 11 is 6.39. The second-order valence-corrected chi connectivity index (χ2v) is 4.64. The quantitative estimate of drug-likeness (QED) is 0.857. The van der Waals surface area contributed by atoms with E-state index in [2.05, 4.69) is 9.88 Å². The lowest BCUT2D eigenvalue weighted by molar-refractivity contribution is 0.122. The van der Waals surface area contributed by atoms with Gasteiger partial charge in [-0.3, -0.25) is 4.79 Å². The third kappa shape index (κ3) is 1.87. The van der Waals surface area contributed by atoms with E-state index in [0.717, 1.165) is 18.8 Å². The lowest BCUT2D eigenvalue weighted by Gasteiger charge is -2.29. The first-order valence-electron chi connectivity index (χ1n) is 5.90. The summed E-state index contributed by atoms with van der Waals surface area (Å²) in [5.74, 6) is 0.